The number of nitrogens with zero attached hydrogens (tertiary/aromatic N) is 2. The smallest absolute Gasteiger partial charge is 0.218 e. The number of aryl methyl sites for hydroxylation is 1. The van der Waals surface area contributed by atoms with Crippen LogP contribution in [0.3, 0.4) is 0 Å². The van der Waals surface area contributed by atoms with Gasteiger partial charge in [0.1, 0.15) is 11.6 Å². The van der Waals surface area contributed by atoms with Crippen LogP contribution >= 0.6 is 0 Å². The summed E-state index contributed by atoms with van der Waals surface area (Å²) in [6, 6.07) is 2.37. The minimum atomic E-state index is 0.490. The molecule has 1 unspecified atom stereocenters. The minimum Gasteiger partial charge on any atom is -0.478 e. The van der Waals surface area contributed by atoms with Gasteiger partial charge in [-0.1, -0.05) is 0 Å². The van der Waals surface area contributed by atoms with E-state index in [1.165, 1.54) is 12.8 Å². The van der Waals surface area contributed by atoms with Crippen molar-refractivity contribution in [2.24, 2.45) is 0 Å². The molecule has 0 radical (unpaired) electrons. The molecule has 0 aliphatic carbocycles. The highest BCUT2D eigenvalue weighted by Gasteiger charge is 2.13. The van der Waals surface area contributed by atoms with Gasteiger partial charge >= 0.3 is 0 Å². The summed E-state index contributed by atoms with van der Waals surface area (Å²) in [6.45, 7) is 6.67. The predicted octanol–water partition coefficient (Wildman–Crippen LogP) is 1.74. The van der Waals surface area contributed by atoms with Gasteiger partial charge < -0.3 is 15.4 Å². The quantitative estimate of drug-likeness (QED) is 0.852. The normalized spacial score (nSPS) is 20.2. The molecule has 0 amide bonds. The highest BCUT2D eigenvalue weighted by atomic mass is 16.5. The fourth-order valence-corrected chi connectivity index (χ4v) is 2.21. The monoisotopic (exact) mass is 250 g/mol. The summed E-state index contributed by atoms with van der Waals surface area (Å²) in [5.74, 6) is 2.27. The van der Waals surface area contributed by atoms with E-state index in [0.717, 1.165) is 31.2 Å². The second-order valence-electron chi connectivity index (χ2n) is 4.59. The zero-order valence-electron chi connectivity index (χ0n) is 11.2. The van der Waals surface area contributed by atoms with Gasteiger partial charge in [0.2, 0.25) is 5.88 Å². The number of nitrogens with one attached hydrogen (secondary N) is 2. The Morgan fingerprint density at radius 3 is 3.11 bits per heavy atom. The van der Waals surface area contributed by atoms with Crippen LogP contribution in [0.15, 0.2) is 6.07 Å². The molecule has 1 aliphatic heterocycles. The van der Waals surface area contributed by atoms with Gasteiger partial charge in [0.05, 0.1) is 6.61 Å². The van der Waals surface area contributed by atoms with Gasteiger partial charge in [-0.15, -0.1) is 0 Å². The average molecular weight is 250 g/mol. The fourth-order valence-electron chi connectivity index (χ4n) is 2.21. The van der Waals surface area contributed by atoms with E-state index in [1.54, 1.807) is 0 Å². The summed E-state index contributed by atoms with van der Waals surface area (Å²) in [5.41, 5.74) is 0. The molecule has 1 atom stereocenters. The topological polar surface area (TPSA) is 59.1 Å². The number of rotatable bonds is 4. The number of aromatic nitrogens is 2. The Balaban J connectivity index is 2.02. The fraction of sp³-hybridized carbons (Fsp3) is 0.692. The van der Waals surface area contributed by atoms with Crippen LogP contribution in [0.4, 0.5) is 5.82 Å². The first-order chi connectivity index (χ1) is 8.78. The van der Waals surface area contributed by atoms with Gasteiger partial charge in [-0.25, -0.2) is 4.98 Å². The van der Waals surface area contributed by atoms with Crippen molar-refractivity contribution in [3.05, 3.63) is 11.9 Å². The summed E-state index contributed by atoms with van der Waals surface area (Å²) in [6.07, 6.45) is 3.52. The van der Waals surface area contributed by atoms with Crippen LogP contribution in [0.1, 0.15) is 32.0 Å². The van der Waals surface area contributed by atoms with Crippen LogP contribution in [-0.4, -0.2) is 35.7 Å². The highest BCUT2D eigenvalue weighted by Crippen LogP contribution is 2.17. The zero-order chi connectivity index (χ0) is 12.8. The van der Waals surface area contributed by atoms with Crippen LogP contribution in [0.25, 0.3) is 0 Å². The van der Waals surface area contributed by atoms with E-state index in [2.05, 4.69) is 20.6 Å². The molecule has 2 heterocycles. The Bertz CT molecular complexity index is 375. The van der Waals surface area contributed by atoms with E-state index in [-0.39, 0.29) is 0 Å². The van der Waals surface area contributed by atoms with E-state index >= 15 is 0 Å². The Kier molecular flexibility index (Phi) is 4.75. The zero-order valence-corrected chi connectivity index (χ0v) is 11.2. The second-order valence-corrected chi connectivity index (χ2v) is 4.59. The Labute approximate surface area is 108 Å². The van der Waals surface area contributed by atoms with Crippen LogP contribution in [0.2, 0.25) is 0 Å². The van der Waals surface area contributed by atoms with Crippen molar-refractivity contribution in [1.29, 1.82) is 0 Å². The van der Waals surface area contributed by atoms with Gasteiger partial charge in [-0.2, -0.15) is 4.98 Å². The largest absolute Gasteiger partial charge is 0.478 e. The molecule has 1 fully saturated rings. The first-order valence-electron chi connectivity index (χ1n) is 6.73. The third-order valence-corrected chi connectivity index (χ3v) is 3.03. The molecule has 0 bridgehead atoms. The maximum Gasteiger partial charge on any atom is 0.218 e. The SMILES string of the molecule is CCOc1cc(NC2CCCNCC2)nc(C)n1. The Hall–Kier alpha value is -1.36. The van der Waals surface area contributed by atoms with Gasteiger partial charge in [0, 0.05) is 12.1 Å². The van der Waals surface area contributed by atoms with Crippen molar-refractivity contribution in [3.8, 4) is 5.88 Å². The summed E-state index contributed by atoms with van der Waals surface area (Å²) in [5, 5.41) is 6.90. The van der Waals surface area contributed by atoms with E-state index in [0.29, 0.717) is 18.5 Å². The molecule has 2 N–H and O–H groups in total. The third-order valence-electron chi connectivity index (χ3n) is 3.03. The van der Waals surface area contributed by atoms with E-state index in [4.69, 9.17) is 4.74 Å². The van der Waals surface area contributed by atoms with Gasteiger partial charge in [-0.05, 0) is 46.2 Å². The van der Waals surface area contributed by atoms with E-state index in [9.17, 15) is 0 Å². The molecule has 1 aromatic heterocycles. The number of ether oxygens (including phenoxy) is 1. The van der Waals surface area contributed by atoms with Crippen LogP contribution < -0.4 is 15.4 Å². The molecule has 0 spiro atoms. The summed E-state index contributed by atoms with van der Waals surface area (Å²) in [7, 11) is 0. The molecule has 0 aromatic carbocycles. The van der Waals surface area contributed by atoms with E-state index in [1.807, 2.05) is 19.9 Å². The lowest BCUT2D eigenvalue weighted by atomic mass is 10.1. The molecular weight excluding hydrogens is 228 g/mol. The van der Waals surface area contributed by atoms with Crippen molar-refractivity contribution in [2.45, 2.75) is 39.2 Å². The molecule has 1 aromatic rings. The lowest BCUT2D eigenvalue weighted by molar-refractivity contribution is 0.325. The molecule has 100 valence electrons. The molecule has 1 aliphatic rings. The van der Waals surface area contributed by atoms with E-state index < -0.39 is 0 Å². The Morgan fingerprint density at radius 1 is 1.39 bits per heavy atom. The van der Waals surface area contributed by atoms with Crippen molar-refractivity contribution >= 4 is 5.82 Å². The molecule has 5 heteroatoms. The maximum absolute atomic E-state index is 5.44. The van der Waals surface area contributed by atoms with Crippen molar-refractivity contribution in [1.82, 2.24) is 15.3 Å². The van der Waals surface area contributed by atoms with Gasteiger partial charge in [-0.3, -0.25) is 0 Å². The Morgan fingerprint density at radius 2 is 2.28 bits per heavy atom. The molecule has 1 saturated heterocycles. The summed E-state index contributed by atoms with van der Waals surface area (Å²) >= 11 is 0. The van der Waals surface area contributed by atoms with Crippen LogP contribution in [0.5, 0.6) is 5.88 Å². The lowest BCUT2D eigenvalue weighted by Crippen LogP contribution is -2.22. The summed E-state index contributed by atoms with van der Waals surface area (Å²) < 4.78 is 5.44. The lowest BCUT2D eigenvalue weighted by Gasteiger charge is -2.17. The number of anilines is 1. The molecule has 18 heavy (non-hydrogen) atoms. The molecule has 0 saturated carbocycles. The molecule has 2 rings (SSSR count). The number of hydrogen-bond donors (Lipinski definition) is 2. The van der Waals surface area contributed by atoms with Crippen molar-refractivity contribution in [3.63, 3.8) is 0 Å². The first-order valence-corrected chi connectivity index (χ1v) is 6.73. The first kappa shape index (κ1) is 13.1. The average Bonchev–Trinajstić information content (AvgIpc) is 2.57. The van der Waals surface area contributed by atoms with Gasteiger partial charge in [0.15, 0.2) is 0 Å². The van der Waals surface area contributed by atoms with Crippen molar-refractivity contribution < 1.29 is 4.74 Å². The van der Waals surface area contributed by atoms with Crippen LogP contribution in [-0.2, 0) is 0 Å². The minimum absolute atomic E-state index is 0.490. The highest BCUT2D eigenvalue weighted by molar-refractivity contribution is 5.39. The second kappa shape index (κ2) is 6.54. The summed E-state index contributed by atoms with van der Waals surface area (Å²) in [4.78, 5) is 8.67. The third kappa shape index (κ3) is 3.84. The van der Waals surface area contributed by atoms with Gasteiger partial charge in [0.25, 0.3) is 0 Å². The maximum atomic E-state index is 5.44. The van der Waals surface area contributed by atoms with Crippen molar-refractivity contribution in [2.75, 3.05) is 25.0 Å². The number of hydrogen-bond acceptors (Lipinski definition) is 5. The van der Waals surface area contributed by atoms with Crippen LogP contribution in [0, 0.1) is 6.92 Å². The molecular formula is C13H22N4O. The standard InChI is InChI=1S/C13H22N4O/c1-3-18-13-9-12(15-10(2)16-13)17-11-5-4-7-14-8-6-11/h9,11,14H,3-8H2,1-2H3,(H,15,16,17). The predicted molar refractivity (Wildman–Crippen MR) is 72.1 cm³/mol. The molecule has 5 nitrogen and oxygen atoms in total.